The predicted octanol–water partition coefficient (Wildman–Crippen LogP) is 4.61. The first kappa shape index (κ1) is 23.1. The lowest BCUT2D eigenvalue weighted by Gasteiger charge is -2.32. The van der Waals surface area contributed by atoms with Gasteiger partial charge in [-0.2, -0.15) is 0 Å². The molecule has 1 aliphatic rings. The smallest absolute Gasteiger partial charge is 0.260 e. The summed E-state index contributed by atoms with van der Waals surface area (Å²) in [6, 6.07) is 16.3. The number of nitrogens with zero attached hydrogens (tertiary/aromatic N) is 1. The molecule has 1 N–H and O–H groups in total. The minimum Gasteiger partial charge on any atom is -0.497 e. The molecule has 0 spiro atoms. The number of methoxy groups -OCH3 is 1. The quantitative estimate of drug-likeness (QED) is 0.638. The number of ether oxygens (including phenoxy) is 2. The molecule has 0 radical (unpaired) electrons. The van der Waals surface area contributed by atoms with Gasteiger partial charge in [0.2, 0.25) is 0 Å². The maximum absolute atomic E-state index is 12.5. The molecule has 0 saturated carbocycles. The molecule has 1 atom stereocenters. The van der Waals surface area contributed by atoms with Gasteiger partial charge in [0.1, 0.15) is 11.5 Å². The van der Waals surface area contributed by atoms with Gasteiger partial charge in [0.15, 0.2) is 6.10 Å². The maximum atomic E-state index is 12.5. The van der Waals surface area contributed by atoms with E-state index >= 15 is 0 Å². The highest BCUT2D eigenvalue weighted by atomic mass is 16.5. The van der Waals surface area contributed by atoms with Gasteiger partial charge in [-0.05, 0) is 80.1 Å². The van der Waals surface area contributed by atoms with Crippen LogP contribution in [0, 0.1) is 5.92 Å². The number of hydrogen-bond donors (Lipinski definition) is 1. The maximum Gasteiger partial charge on any atom is 0.260 e. The average Bonchev–Trinajstić information content (AvgIpc) is 2.79. The first-order valence-corrected chi connectivity index (χ1v) is 11.3. The molecule has 0 aliphatic carbocycles. The fraction of sp³-hybridized carbons (Fsp3) is 0.500. The summed E-state index contributed by atoms with van der Waals surface area (Å²) in [4.78, 5) is 15.0. The molecule has 5 heteroatoms. The Labute approximate surface area is 186 Å². The Morgan fingerprint density at radius 3 is 2.42 bits per heavy atom. The van der Waals surface area contributed by atoms with E-state index in [-0.39, 0.29) is 5.91 Å². The fourth-order valence-corrected chi connectivity index (χ4v) is 3.93. The van der Waals surface area contributed by atoms with E-state index in [0.29, 0.717) is 11.8 Å². The molecule has 1 heterocycles. The summed E-state index contributed by atoms with van der Waals surface area (Å²) in [7, 11) is 1.69. The topological polar surface area (TPSA) is 50.8 Å². The van der Waals surface area contributed by atoms with Crippen molar-refractivity contribution in [3.63, 3.8) is 0 Å². The van der Waals surface area contributed by atoms with Gasteiger partial charge in [-0.25, -0.2) is 0 Å². The zero-order chi connectivity index (χ0) is 22.2. The van der Waals surface area contributed by atoms with E-state index in [0.717, 1.165) is 50.5 Å². The molecule has 0 aromatic heterocycles. The van der Waals surface area contributed by atoms with Gasteiger partial charge >= 0.3 is 0 Å². The Bertz CT molecular complexity index is 827. The number of hydrogen-bond acceptors (Lipinski definition) is 4. The van der Waals surface area contributed by atoms with Crippen LogP contribution in [0.4, 0.5) is 0 Å². The van der Waals surface area contributed by atoms with Crippen LogP contribution in [-0.4, -0.2) is 43.7 Å². The number of likely N-dealkylation sites (tertiary alicyclic amines) is 1. The van der Waals surface area contributed by atoms with Crippen LogP contribution in [0.2, 0.25) is 0 Å². The average molecular weight is 425 g/mol. The molecule has 3 rings (SSSR count). The highest BCUT2D eigenvalue weighted by Gasteiger charge is 2.21. The summed E-state index contributed by atoms with van der Waals surface area (Å²) < 4.78 is 11.1. The monoisotopic (exact) mass is 424 g/mol. The zero-order valence-electron chi connectivity index (χ0n) is 19.3. The number of carbonyl (C=O) groups is 1. The summed E-state index contributed by atoms with van der Waals surface area (Å²) in [5, 5.41) is 3.09. The molecule has 1 amide bonds. The van der Waals surface area contributed by atoms with Crippen LogP contribution in [0.25, 0.3) is 0 Å². The third-order valence-electron chi connectivity index (χ3n) is 6.04. The van der Waals surface area contributed by atoms with Crippen LogP contribution in [0.1, 0.15) is 50.7 Å². The third-order valence-corrected chi connectivity index (χ3v) is 6.04. The van der Waals surface area contributed by atoms with Gasteiger partial charge in [-0.3, -0.25) is 9.69 Å². The normalized spacial score (nSPS) is 16.2. The van der Waals surface area contributed by atoms with E-state index in [9.17, 15) is 4.79 Å². The first-order chi connectivity index (χ1) is 14.9. The SMILES string of the molecule is COc1ccc(CN2CCC(CNC(=O)C(C)Oc3cccc(C(C)C)c3)CC2)cc1. The van der Waals surface area contributed by atoms with Gasteiger partial charge in [-0.1, -0.05) is 38.1 Å². The Hall–Kier alpha value is -2.53. The summed E-state index contributed by atoms with van der Waals surface area (Å²) in [6.45, 7) is 9.91. The second kappa shape index (κ2) is 11.2. The zero-order valence-corrected chi connectivity index (χ0v) is 19.3. The molecule has 1 aliphatic heterocycles. The second-order valence-electron chi connectivity index (χ2n) is 8.80. The molecule has 2 aromatic rings. The molecular weight excluding hydrogens is 388 g/mol. The van der Waals surface area contributed by atoms with Crippen molar-refractivity contribution in [2.45, 2.75) is 52.2 Å². The van der Waals surface area contributed by atoms with Gasteiger partial charge in [0.25, 0.3) is 5.91 Å². The molecule has 2 aromatic carbocycles. The highest BCUT2D eigenvalue weighted by molar-refractivity contribution is 5.80. The standard InChI is InChI=1S/C26H36N2O3/c1-19(2)23-6-5-7-25(16-23)31-20(3)26(29)27-17-21-12-14-28(15-13-21)18-22-8-10-24(30-4)11-9-22/h5-11,16,19-21H,12-15,17-18H2,1-4H3,(H,27,29). The summed E-state index contributed by atoms with van der Waals surface area (Å²) in [6.07, 6.45) is 1.70. The molecule has 0 bridgehead atoms. The van der Waals surface area contributed by atoms with Crippen LogP contribution < -0.4 is 14.8 Å². The summed E-state index contributed by atoms with van der Waals surface area (Å²) in [5.74, 6) is 2.55. The molecule has 168 valence electrons. The predicted molar refractivity (Wildman–Crippen MR) is 125 cm³/mol. The van der Waals surface area contributed by atoms with E-state index < -0.39 is 6.10 Å². The Morgan fingerprint density at radius 1 is 1.06 bits per heavy atom. The Balaban J connectivity index is 1.38. The van der Waals surface area contributed by atoms with E-state index in [1.807, 2.05) is 37.3 Å². The number of nitrogens with one attached hydrogen (secondary N) is 1. The third kappa shape index (κ3) is 7.00. The highest BCUT2D eigenvalue weighted by Crippen LogP contribution is 2.22. The lowest BCUT2D eigenvalue weighted by molar-refractivity contribution is -0.127. The van der Waals surface area contributed by atoms with Crippen LogP contribution in [-0.2, 0) is 11.3 Å². The van der Waals surface area contributed by atoms with Crippen molar-refractivity contribution in [1.82, 2.24) is 10.2 Å². The van der Waals surface area contributed by atoms with Gasteiger partial charge < -0.3 is 14.8 Å². The van der Waals surface area contributed by atoms with Crippen LogP contribution in [0.15, 0.2) is 48.5 Å². The molecule has 5 nitrogen and oxygen atoms in total. The Morgan fingerprint density at radius 2 is 1.77 bits per heavy atom. The second-order valence-corrected chi connectivity index (χ2v) is 8.80. The lowest BCUT2D eigenvalue weighted by Crippen LogP contribution is -2.42. The number of carbonyl (C=O) groups excluding carboxylic acids is 1. The summed E-state index contributed by atoms with van der Waals surface area (Å²) in [5.41, 5.74) is 2.52. The van der Waals surface area contributed by atoms with Crippen LogP contribution in [0.3, 0.4) is 0 Å². The Kier molecular flexibility index (Phi) is 8.35. The number of benzene rings is 2. The minimum atomic E-state index is -0.502. The number of rotatable bonds is 9. The van der Waals surface area contributed by atoms with Crippen LogP contribution in [0.5, 0.6) is 11.5 Å². The van der Waals surface area contributed by atoms with Gasteiger partial charge in [0.05, 0.1) is 7.11 Å². The molecule has 31 heavy (non-hydrogen) atoms. The van der Waals surface area contributed by atoms with E-state index in [2.05, 4.69) is 42.3 Å². The van der Waals surface area contributed by atoms with Crippen molar-refractivity contribution in [3.05, 3.63) is 59.7 Å². The van der Waals surface area contributed by atoms with Gasteiger partial charge in [-0.15, -0.1) is 0 Å². The van der Waals surface area contributed by atoms with E-state index in [1.165, 1.54) is 11.1 Å². The first-order valence-electron chi connectivity index (χ1n) is 11.3. The summed E-state index contributed by atoms with van der Waals surface area (Å²) >= 11 is 0. The molecular formula is C26H36N2O3. The largest absolute Gasteiger partial charge is 0.497 e. The minimum absolute atomic E-state index is 0.0457. The molecule has 1 unspecified atom stereocenters. The van der Waals surface area contributed by atoms with E-state index in [1.54, 1.807) is 7.11 Å². The molecule has 1 fully saturated rings. The van der Waals surface area contributed by atoms with Crippen molar-refractivity contribution >= 4 is 5.91 Å². The van der Waals surface area contributed by atoms with Crippen LogP contribution >= 0.6 is 0 Å². The van der Waals surface area contributed by atoms with Crippen molar-refractivity contribution in [3.8, 4) is 11.5 Å². The van der Waals surface area contributed by atoms with Crippen molar-refractivity contribution in [2.75, 3.05) is 26.7 Å². The van der Waals surface area contributed by atoms with E-state index in [4.69, 9.17) is 9.47 Å². The molecule has 1 saturated heterocycles. The number of amides is 1. The lowest BCUT2D eigenvalue weighted by atomic mass is 9.96. The van der Waals surface area contributed by atoms with Gasteiger partial charge in [0, 0.05) is 13.1 Å². The van der Waals surface area contributed by atoms with Crippen molar-refractivity contribution in [1.29, 1.82) is 0 Å². The number of piperidine rings is 1. The fourth-order valence-electron chi connectivity index (χ4n) is 3.93. The van der Waals surface area contributed by atoms with Crippen molar-refractivity contribution < 1.29 is 14.3 Å². The van der Waals surface area contributed by atoms with Crippen molar-refractivity contribution in [2.24, 2.45) is 5.92 Å².